The lowest BCUT2D eigenvalue weighted by Gasteiger charge is -2.10. The smallest absolute Gasteiger partial charge is 0.328 e. The number of fused-ring (bicyclic) bond motifs is 2. The van der Waals surface area contributed by atoms with Gasteiger partial charge in [0.25, 0.3) is 0 Å². The number of aromatic nitrogens is 6. The van der Waals surface area contributed by atoms with Crippen LogP contribution in [0.3, 0.4) is 0 Å². The molecule has 11 heteroatoms. The Morgan fingerprint density at radius 1 is 0.938 bits per heavy atom. The Morgan fingerprint density at radius 3 is 2.38 bits per heavy atom. The Bertz CT molecular complexity index is 1690. The molecule has 0 fully saturated rings. The van der Waals surface area contributed by atoms with Crippen LogP contribution in [0.15, 0.2) is 58.6 Å². The number of sulfonamides is 1. The molecule has 0 aliphatic rings. The van der Waals surface area contributed by atoms with E-state index in [1.54, 1.807) is 41.7 Å². The van der Waals surface area contributed by atoms with E-state index in [0.717, 1.165) is 16.7 Å². The Labute approximate surface area is 183 Å². The largest absolute Gasteiger partial charge is 0.340 e. The summed E-state index contributed by atoms with van der Waals surface area (Å²) < 4.78 is 34.1. The molecule has 0 saturated heterocycles. The third kappa shape index (κ3) is 2.89. The van der Waals surface area contributed by atoms with Crippen LogP contribution >= 0.6 is 0 Å². The highest BCUT2D eigenvalue weighted by molar-refractivity contribution is 7.89. The molecule has 3 aromatic heterocycles. The molecule has 0 aliphatic heterocycles. The van der Waals surface area contributed by atoms with E-state index in [0.29, 0.717) is 22.6 Å². The quantitative estimate of drug-likeness (QED) is 0.446. The zero-order chi connectivity index (χ0) is 22.8. The highest BCUT2D eigenvalue weighted by atomic mass is 32.2. The van der Waals surface area contributed by atoms with Gasteiger partial charge in [-0.05, 0) is 43.4 Å². The molecule has 1 N–H and O–H groups in total. The Balaban J connectivity index is 1.87. The van der Waals surface area contributed by atoms with Gasteiger partial charge in [0, 0.05) is 33.0 Å². The maximum atomic E-state index is 12.4. The van der Waals surface area contributed by atoms with Crippen LogP contribution in [0.2, 0.25) is 0 Å². The SMILES string of the molecule is CNS(=O)(=O)c1ccc2nc(-c3cn(C)cn3)n(-c3ccc4c(c3)n(C)c(=O)n4C)c2c1. The molecule has 32 heavy (non-hydrogen) atoms. The number of hydrogen-bond donors (Lipinski definition) is 1. The fourth-order valence-corrected chi connectivity index (χ4v) is 4.69. The third-order valence-electron chi connectivity index (χ3n) is 5.65. The van der Waals surface area contributed by atoms with Gasteiger partial charge >= 0.3 is 5.69 Å². The van der Waals surface area contributed by atoms with Crippen molar-refractivity contribution < 1.29 is 8.42 Å². The van der Waals surface area contributed by atoms with E-state index >= 15 is 0 Å². The topological polar surface area (TPSA) is 109 Å². The van der Waals surface area contributed by atoms with Crippen LogP contribution in [0, 0.1) is 0 Å². The van der Waals surface area contributed by atoms with Crippen molar-refractivity contribution in [1.29, 1.82) is 0 Å². The van der Waals surface area contributed by atoms with Gasteiger partial charge in [0.15, 0.2) is 5.82 Å². The van der Waals surface area contributed by atoms with Crippen molar-refractivity contribution in [2.75, 3.05) is 7.05 Å². The van der Waals surface area contributed by atoms with Gasteiger partial charge in [-0.2, -0.15) is 0 Å². The summed E-state index contributed by atoms with van der Waals surface area (Å²) >= 11 is 0. The summed E-state index contributed by atoms with van der Waals surface area (Å²) in [4.78, 5) is 21.7. The molecule has 5 aromatic rings. The average molecular weight is 452 g/mol. The summed E-state index contributed by atoms with van der Waals surface area (Å²) in [5.41, 5.74) is 4.04. The predicted octanol–water partition coefficient (Wildman–Crippen LogP) is 1.52. The molecular formula is C21H21N7O3S. The molecule has 0 unspecified atom stereocenters. The number of imidazole rings is 3. The fourth-order valence-electron chi connectivity index (χ4n) is 3.94. The number of hydrogen-bond acceptors (Lipinski definition) is 5. The molecule has 0 saturated carbocycles. The average Bonchev–Trinajstić information content (AvgIpc) is 3.44. The highest BCUT2D eigenvalue weighted by Crippen LogP contribution is 2.30. The Morgan fingerprint density at radius 2 is 1.69 bits per heavy atom. The van der Waals surface area contributed by atoms with E-state index in [2.05, 4.69) is 9.71 Å². The monoisotopic (exact) mass is 451 g/mol. The van der Waals surface area contributed by atoms with Crippen LogP contribution in [-0.2, 0) is 31.2 Å². The van der Waals surface area contributed by atoms with Crippen LogP contribution in [0.1, 0.15) is 0 Å². The molecule has 5 rings (SSSR count). The molecule has 0 radical (unpaired) electrons. The minimum absolute atomic E-state index is 0.125. The lowest BCUT2D eigenvalue weighted by Crippen LogP contribution is -2.19. The molecule has 0 aliphatic carbocycles. The van der Waals surface area contributed by atoms with Crippen LogP contribution in [0.4, 0.5) is 0 Å². The number of benzene rings is 2. The lowest BCUT2D eigenvalue weighted by atomic mass is 10.2. The van der Waals surface area contributed by atoms with Gasteiger partial charge in [0.05, 0.1) is 33.3 Å². The van der Waals surface area contributed by atoms with E-state index < -0.39 is 10.0 Å². The fraction of sp³-hybridized carbons (Fsp3) is 0.190. The molecule has 3 heterocycles. The van der Waals surface area contributed by atoms with E-state index in [9.17, 15) is 13.2 Å². The first kappa shape index (κ1) is 20.2. The van der Waals surface area contributed by atoms with Gasteiger partial charge in [-0.15, -0.1) is 0 Å². The number of aryl methyl sites for hydroxylation is 3. The summed E-state index contributed by atoms with van der Waals surface area (Å²) in [6.07, 6.45) is 3.53. The second-order valence-corrected chi connectivity index (χ2v) is 9.51. The van der Waals surface area contributed by atoms with Crippen molar-refractivity contribution >= 4 is 32.1 Å². The molecule has 164 valence electrons. The van der Waals surface area contributed by atoms with Gasteiger partial charge in [-0.25, -0.2) is 27.9 Å². The van der Waals surface area contributed by atoms with Gasteiger partial charge in [0.1, 0.15) is 5.69 Å². The maximum Gasteiger partial charge on any atom is 0.328 e. The highest BCUT2D eigenvalue weighted by Gasteiger charge is 2.20. The van der Waals surface area contributed by atoms with Crippen molar-refractivity contribution in [3.05, 3.63) is 59.4 Å². The summed E-state index contributed by atoms with van der Waals surface area (Å²) in [7, 11) is 3.05. The van der Waals surface area contributed by atoms with E-state index in [4.69, 9.17) is 4.98 Å². The molecule has 0 atom stereocenters. The first-order chi connectivity index (χ1) is 15.2. The predicted molar refractivity (Wildman–Crippen MR) is 121 cm³/mol. The Kier molecular flexibility index (Phi) is 4.36. The van der Waals surface area contributed by atoms with Crippen molar-refractivity contribution in [3.63, 3.8) is 0 Å². The standard InChI is InChI=1S/C21H21N7O3S/c1-22-32(30,31)14-6-7-15-18(10-14)28(20(24-15)16-11-25(2)12-23-16)13-5-8-17-19(9-13)27(4)21(29)26(17)3/h5-12,22H,1-4H3. The summed E-state index contributed by atoms with van der Waals surface area (Å²) in [5.74, 6) is 0.569. The molecule has 2 aromatic carbocycles. The summed E-state index contributed by atoms with van der Waals surface area (Å²) in [5, 5.41) is 0. The maximum absolute atomic E-state index is 12.4. The normalized spacial score (nSPS) is 12.2. The van der Waals surface area contributed by atoms with E-state index in [1.807, 2.05) is 40.6 Å². The number of nitrogens with one attached hydrogen (secondary N) is 1. The lowest BCUT2D eigenvalue weighted by molar-refractivity contribution is 0.588. The second-order valence-electron chi connectivity index (χ2n) is 7.63. The number of nitrogens with zero attached hydrogens (tertiary/aromatic N) is 6. The molecule has 10 nitrogen and oxygen atoms in total. The second kappa shape index (κ2) is 6.90. The number of rotatable bonds is 4. The van der Waals surface area contributed by atoms with Gasteiger partial charge < -0.3 is 4.57 Å². The van der Waals surface area contributed by atoms with Crippen LogP contribution in [0.5, 0.6) is 0 Å². The molecular weight excluding hydrogens is 430 g/mol. The summed E-state index contributed by atoms with van der Waals surface area (Å²) in [6.45, 7) is 0. The van der Waals surface area contributed by atoms with E-state index in [-0.39, 0.29) is 10.6 Å². The van der Waals surface area contributed by atoms with Crippen molar-refractivity contribution in [3.8, 4) is 17.2 Å². The van der Waals surface area contributed by atoms with Crippen molar-refractivity contribution in [2.45, 2.75) is 4.90 Å². The van der Waals surface area contributed by atoms with Crippen LogP contribution in [0.25, 0.3) is 39.3 Å². The zero-order valence-electron chi connectivity index (χ0n) is 17.9. The first-order valence-corrected chi connectivity index (χ1v) is 11.3. The first-order valence-electron chi connectivity index (χ1n) is 9.81. The third-order valence-corrected chi connectivity index (χ3v) is 7.06. The van der Waals surface area contributed by atoms with Gasteiger partial charge in [0.2, 0.25) is 10.0 Å². The van der Waals surface area contributed by atoms with Crippen molar-refractivity contribution in [2.24, 2.45) is 21.1 Å². The molecule has 0 amide bonds. The molecule has 0 bridgehead atoms. The minimum Gasteiger partial charge on any atom is -0.340 e. The van der Waals surface area contributed by atoms with Crippen LogP contribution in [-0.4, -0.2) is 43.7 Å². The van der Waals surface area contributed by atoms with Gasteiger partial charge in [-0.3, -0.25) is 13.7 Å². The minimum atomic E-state index is -3.64. The Hall–Kier alpha value is -3.70. The van der Waals surface area contributed by atoms with Crippen LogP contribution < -0.4 is 10.4 Å². The zero-order valence-corrected chi connectivity index (χ0v) is 18.8. The molecule has 0 spiro atoms. The van der Waals surface area contributed by atoms with E-state index in [1.165, 1.54) is 13.1 Å². The van der Waals surface area contributed by atoms with Gasteiger partial charge in [-0.1, -0.05) is 0 Å². The summed E-state index contributed by atoms with van der Waals surface area (Å²) in [6, 6.07) is 10.4. The van der Waals surface area contributed by atoms with Crippen molar-refractivity contribution in [1.82, 2.24) is 33.0 Å².